The quantitative estimate of drug-likeness (QED) is 0.248. The Kier molecular flexibility index (Phi) is 6.63. The van der Waals surface area contributed by atoms with Crippen molar-refractivity contribution in [1.82, 2.24) is 0 Å². The van der Waals surface area contributed by atoms with Crippen LogP contribution in [-0.4, -0.2) is 81.3 Å². The Bertz CT molecular complexity index is 741. The Morgan fingerprint density at radius 3 is 1.75 bits per heavy atom. The van der Waals surface area contributed by atoms with E-state index in [-0.39, 0.29) is 0 Å². The van der Waals surface area contributed by atoms with Crippen LogP contribution in [0.4, 0.5) is 0 Å². The highest BCUT2D eigenvalue weighted by Gasteiger charge is 2.49. The highest BCUT2D eigenvalue weighted by molar-refractivity contribution is 7.81. The van der Waals surface area contributed by atoms with E-state index in [9.17, 15) is 30.4 Å². The zero-order chi connectivity index (χ0) is 18.9. The predicted octanol–water partition coefficient (Wildman–Crippen LogP) is -3.77. The summed E-state index contributed by atoms with van der Waals surface area (Å²) in [7, 11) is -15.6. The molecule has 1 heterocycles. The molecule has 0 bridgehead atoms. The van der Waals surface area contributed by atoms with E-state index in [2.05, 4.69) is 17.3 Å². The third-order valence-electron chi connectivity index (χ3n) is 2.56. The zero-order valence-corrected chi connectivity index (χ0v) is 13.7. The molecule has 5 atom stereocenters. The Hall–Kier alpha value is -0.510. The van der Waals surface area contributed by atoms with E-state index in [0.717, 1.165) is 0 Å². The SMILES string of the molecule is N[C@@H]1[C@@H](OS(=O)(=O)O)[C@H](OS(=O)(=O)O)[C@@H](COS(=O)(=O)O)O[C@H]1O. The van der Waals surface area contributed by atoms with Crippen LogP contribution in [0.2, 0.25) is 0 Å². The summed E-state index contributed by atoms with van der Waals surface area (Å²) in [5.74, 6) is 0. The molecule has 0 aliphatic carbocycles. The van der Waals surface area contributed by atoms with Crippen LogP contribution in [0.25, 0.3) is 0 Å². The van der Waals surface area contributed by atoms with Crippen molar-refractivity contribution in [2.75, 3.05) is 6.61 Å². The van der Waals surface area contributed by atoms with Gasteiger partial charge in [0, 0.05) is 0 Å². The number of aliphatic hydroxyl groups excluding tert-OH is 1. The van der Waals surface area contributed by atoms with Gasteiger partial charge in [0.15, 0.2) is 6.29 Å². The summed E-state index contributed by atoms with van der Waals surface area (Å²) < 4.78 is 107. The number of rotatable bonds is 7. The number of hydrogen-bond donors (Lipinski definition) is 5. The minimum absolute atomic E-state index is 1.20. The van der Waals surface area contributed by atoms with Crippen LogP contribution in [0.3, 0.4) is 0 Å². The van der Waals surface area contributed by atoms with Gasteiger partial charge in [0.2, 0.25) is 0 Å². The van der Waals surface area contributed by atoms with Gasteiger partial charge < -0.3 is 15.6 Å². The van der Waals surface area contributed by atoms with Gasteiger partial charge in [-0.1, -0.05) is 0 Å². The maximum Gasteiger partial charge on any atom is 0.397 e. The Balaban J connectivity index is 3.18. The first-order chi connectivity index (χ1) is 10.6. The topological polar surface area (TPSA) is 246 Å². The van der Waals surface area contributed by atoms with Crippen molar-refractivity contribution < 1.29 is 61.3 Å². The van der Waals surface area contributed by atoms with Gasteiger partial charge in [-0.15, -0.1) is 0 Å². The summed E-state index contributed by atoms with van der Waals surface area (Å²) in [6, 6.07) is -1.82. The van der Waals surface area contributed by atoms with E-state index in [4.69, 9.17) is 19.4 Å². The molecular formula is C6H13NO14S3. The molecule has 6 N–H and O–H groups in total. The molecule has 0 aromatic heterocycles. The van der Waals surface area contributed by atoms with Crippen LogP contribution in [0.5, 0.6) is 0 Å². The average Bonchev–Trinajstić information content (AvgIpc) is 2.32. The van der Waals surface area contributed by atoms with E-state index in [0.29, 0.717) is 0 Å². The fourth-order valence-electron chi connectivity index (χ4n) is 1.74. The third kappa shape index (κ3) is 7.16. The highest BCUT2D eigenvalue weighted by atomic mass is 32.3. The highest BCUT2D eigenvalue weighted by Crippen LogP contribution is 2.26. The molecule has 18 heteroatoms. The van der Waals surface area contributed by atoms with Crippen LogP contribution < -0.4 is 5.73 Å². The first-order valence-corrected chi connectivity index (χ1v) is 9.71. The second-order valence-electron chi connectivity index (χ2n) is 4.33. The van der Waals surface area contributed by atoms with E-state index >= 15 is 0 Å². The second-order valence-corrected chi connectivity index (χ2v) is 7.52. The van der Waals surface area contributed by atoms with E-state index < -0.39 is 68.4 Å². The Morgan fingerprint density at radius 2 is 1.33 bits per heavy atom. The van der Waals surface area contributed by atoms with Crippen molar-refractivity contribution in [2.24, 2.45) is 5.73 Å². The van der Waals surface area contributed by atoms with E-state index in [1.54, 1.807) is 0 Å². The van der Waals surface area contributed by atoms with Gasteiger partial charge in [-0.05, 0) is 0 Å². The van der Waals surface area contributed by atoms with Crippen LogP contribution in [0.15, 0.2) is 0 Å². The maximum atomic E-state index is 10.8. The molecule has 1 fully saturated rings. The van der Waals surface area contributed by atoms with Crippen molar-refractivity contribution in [3.63, 3.8) is 0 Å². The minimum Gasteiger partial charge on any atom is -0.367 e. The molecule has 1 saturated heterocycles. The van der Waals surface area contributed by atoms with Gasteiger partial charge in [-0.3, -0.25) is 13.7 Å². The molecule has 144 valence electrons. The molecule has 1 rings (SSSR count). The van der Waals surface area contributed by atoms with Crippen molar-refractivity contribution >= 4 is 31.2 Å². The third-order valence-corrected chi connectivity index (χ3v) is 3.92. The Morgan fingerprint density at radius 1 is 0.875 bits per heavy atom. The van der Waals surface area contributed by atoms with Crippen molar-refractivity contribution in [1.29, 1.82) is 0 Å². The molecule has 0 aromatic carbocycles. The molecular weight excluding hydrogens is 406 g/mol. The summed E-state index contributed by atoms with van der Waals surface area (Å²) >= 11 is 0. The molecule has 1 aliphatic heterocycles. The van der Waals surface area contributed by atoms with Crippen LogP contribution in [0, 0.1) is 0 Å². The fourth-order valence-corrected chi connectivity index (χ4v) is 3.08. The minimum atomic E-state index is -5.28. The fraction of sp³-hybridized carbons (Fsp3) is 1.00. The lowest BCUT2D eigenvalue weighted by molar-refractivity contribution is -0.237. The van der Waals surface area contributed by atoms with Crippen LogP contribution in [0.1, 0.15) is 0 Å². The van der Waals surface area contributed by atoms with Gasteiger partial charge in [-0.2, -0.15) is 25.3 Å². The van der Waals surface area contributed by atoms with Crippen LogP contribution >= 0.6 is 0 Å². The number of aliphatic hydroxyl groups is 1. The molecule has 24 heavy (non-hydrogen) atoms. The lowest BCUT2D eigenvalue weighted by Gasteiger charge is -2.41. The normalized spacial score (nSPS) is 32.6. The van der Waals surface area contributed by atoms with Crippen molar-refractivity contribution in [3.05, 3.63) is 0 Å². The monoisotopic (exact) mass is 419 g/mol. The Labute approximate surface area is 136 Å². The summed E-state index contributed by atoms with van der Waals surface area (Å²) in [5, 5.41) is 9.52. The van der Waals surface area contributed by atoms with Gasteiger partial charge in [0.05, 0.1) is 12.6 Å². The first-order valence-electron chi connectivity index (χ1n) is 5.61. The predicted molar refractivity (Wildman–Crippen MR) is 69.2 cm³/mol. The largest absolute Gasteiger partial charge is 0.397 e. The van der Waals surface area contributed by atoms with Crippen LogP contribution in [-0.2, 0) is 48.5 Å². The lowest BCUT2D eigenvalue weighted by atomic mass is 9.98. The molecule has 0 saturated carbocycles. The van der Waals surface area contributed by atoms with Gasteiger partial charge >= 0.3 is 31.2 Å². The summed E-state index contributed by atoms with van der Waals surface area (Å²) in [6.45, 7) is -1.20. The summed E-state index contributed by atoms with van der Waals surface area (Å²) in [6.07, 6.45) is -8.31. The molecule has 1 aliphatic rings. The standard InChI is InChI=1S/C6H13NO14S3/c7-3-5(21-24(15,16)17)4(20-23(12,13)14)2(19-6(3)8)1-18-22(9,10)11/h2-6,8H,1,7H2,(H,9,10,11)(H,12,13,14)(H,15,16,17)/t2-,3-,4-,5-,6-/m1/s1. The van der Waals surface area contributed by atoms with Gasteiger partial charge in [0.25, 0.3) is 0 Å². The maximum absolute atomic E-state index is 10.8. The van der Waals surface area contributed by atoms with E-state index in [1.807, 2.05) is 0 Å². The number of hydrogen-bond acceptors (Lipinski definition) is 12. The van der Waals surface area contributed by atoms with Crippen molar-refractivity contribution in [3.8, 4) is 0 Å². The molecule has 0 aromatic rings. The second kappa shape index (κ2) is 7.39. The zero-order valence-electron chi connectivity index (χ0n) is 11.3. The molecule has 0 unspecified atom stereocenters. The van der Waals surface area contributed by atoms with Gasteiger partial charge in [-0.25, -0.2) is 12.5 Å². The number of nitrogens with two attached hydrogens (primary N) is 1. The smallest absolute Gasteiger partial charge is 0.367 e. The lowest BCUT2D eigenvalue weighted by Crippen LogP contribution is -2.64. The summed E-state index contributed by atoms with van der Waals surface area (Å²) in [5.41, 5.74) is 5.34. The molecule has 15 nitrogen and oxygen atoms in total. The molecule has 0 spiro atoms. The summed E-state index contributed by atoms with van der Waals surface area (Å²) in [4.78, 5) is 0. The average molecular weight is 419 g/mol. The van der Waals surface area contributed by atoms with E-state index in [1.165, 1.54) is 0 Å². The van der Waals surface area contributed by atoms with Gasteiger partial charge in [0.1, 0.15) is 18.3 Å². The number of ether oxygens (including phenoxy) is 1. The molecule has 0 amide bonds. The first kappa shape index (κ1) is 21.5. The molecule has 0 radical (unpaired) electrons. The van der Waals surface area contributed by atoms with Crippen molar-refractivity contribution in [2.45, 2.75) is 30.6 Å².